The largest absolute Gasteiger partial charge is 0.350 e. The van der Waals surface area contributed by atoms with Gasteiger partial charge in [-0.2, -0.15) is 0 Å². The van der Waals surface area contributed by atoms with Crippen molar-refractivity contribution in [2.75, 3.05) is 5.75 Å². The molecule has 1 atom stereocenters. The molecule has 0 aliphatic heterocycles. The lowest BCUT2D eigenvalue weighted by molar-refractivity contribution is -0.121. The minimum atomic E-state index is 0.0788. The first-order valence-electron chi connectivity index (χ1n) is 8.31. The second kappa shape index (κ2) is 7.69. The average molecular weight is 325 g/mol. The molecule has 0 unspecified atom stereocenters. The van der Waals surface area contributed by atoms with Crippen molar-refractivity contribution in [1.29, 1.82) is 0 Å². The minimum absolute atomic E-state index is 0.0788. The number of benzene rings is 2. The zero-order valence-electron chi connectivity index (χ0n) is 13.5. The van der Waals surface area contributed by atoms with E-state index in [4.69, 9.17) is 0 Å². The molecule has 1 N–H and O–H groups in total. The molecule has 3 heteroatoms. The fourth-order valence-corrected chi connectivity index (χ4v) is 3.91. The molecule has 0 heterocycles. The van der Waals surface area contributed by atoms with E-state index in [1.165, 1.54) is 40.8 Å². The van der Waals surface area contributed by atoms with Crippen molar-refractivity contribution in [2.24, 2.45) is 0 Å². The Kier molecular flexibility index (Phi) is 5.39. The van der Waals surface area contributed by atoms with E-state index in [9.17, 15) is 4.79 Å². The lowest BCUT2D eigenvalue weighted by atomic mass is 10.0. The summed E-state index contributed by atoms with van der Waals surface area (Å²) >= 11 is 1.73. The van der Waals surface area contributed by atoms with E-state index in [1.54, 1.807) is 11.8 Å². The van der Waals surface area contributed by atoms with Crippen LogP contribution in [0.2, 0.25) is 0 Å². The molecule has 0 spiro atoms. The molecule has 1 aliphatic rings. The maximum absolute atomic E-state index is 12.1. The minimum Gasteiger partial charge on any atom is -0.350 e. The van der Waals surface area contributed by atoms with Gasteiger partial charge in [-0.15, -0.1) is 11.8 Å². The van der Waals surface area contributed by atoms with Gasteiger partial charge in [-0.3, -0.25) is 4.79 Å². The number of rotatable bonds is 6. The highest BCUT2D eigenvalue weighted by Crippen LogP contribution is 2.25. The summed E-state index contributed by atoms with van der Waals surface area (Å²) in [6.07, 6.45) is 4.19. The van der Waals surface area contributed by atoms with Gasteiger partial charge in [-0.25, -0.2) is 0 Å². The first-order valence-corrected chi connectivity index (χ1v) is 9.30. The van der Waals surface area contributed by atoms with Crippen LogP contribution in [0.25, 0.3) is 0 Å². The Bertz CT molecular complexity index is 669. The Labute approximate surface area is 142 Å². The predicted molar refractivity (Wildman–Crippen MR) is 96.8 cm³/mol. The lowest BCUT2D eigenvalue weighted by Crippen LogP contribution is -2.26. The molecule has 2 nitrogen and oxygen atoms in total. The quantitative estimate of drug-likeness (QED) is 0.790. The monoisotopic (exact) mass is 325 g/mol. The number of thioether (sulfide) groups is 1. The Morgan fingerprint density at radius 1 is 1.13 bits per heavy atom. The van der Waals surface area contributed by atoms with Crippen molar-refractivity contribution >= 4 is 17.7 Å². The molecule has 2 aromatic rings. The van der Waals surface area contributed by atoms with E-state index >= 15 is 0 Å². The van der Waals surface area contributed by atoms with Crippen LogP contribution >= 0.6 is 11.8 Å². The molecule has 0 aromatic heterocycles. The molecule has 0 saturated carbocycles. The number of aryl methyl sites for hydroxylation is 2. The Balaban J connectivity index is 1.47. The number of amides is 1. The van der Waals surface area contributed by atoms with Crippen molar-refractivity contribution in [3.05, 3.63) is 65.2 Å². The summed E-state index contributed by atoms with van der Waals surface area (Å²) in [5, 5.41) is 3.12. The van der Waals surface area contributed by atoms with Gasteiger partial charge in [-0.1, -0.05) is 36.4 Å². The van der Waals surface area contributed by atoms with Crippen LogP contribution in [0.15, 0.2) is 53.4 Å². The van der Waals surface area contributed by atoms with Crippen LogP contribution < -0.4 is 5.32 Å². The van der Waals surface area contributed by atoms with Crippen LogP contribution in [0, 0.1) is 0 Å². The van der Waals surface area contributed by atoms with Gasteiger partial charge in [0.05, 0.1) is 6.04 Å². The average Bonchev–Trinajstić information content (AvgIpc) is 3.03. The van der Waals surface area contributed by atoms with Crippen molar-refractivity contribution in [2.45, 2.75) is 43.5 Å². The smallest absolute Gasteiger partial charge is 0.221 e. The number of hydrogen-bond acceptors (Lipinski definition) is 2. The number of carbonyl (C=O) groups is 1. The third-order valence-corrected chi connectivity index (χ3v) is 5.35. The van der Waals surface area contributed by atoms with Gasteiger partial charge in [0.15, 0.2) is 0 Å². The molecule has 23 heavy (non-hydrogen) atoms. The zero-order valence-corrected chi connectivity index (χ0v) is 14.4. The molecule has 0 bridgehead atoms. The van der Waals surface area contributed by atoms with Crippen molar-refractivity contribution in [3.8, 4) is 0 Å². The van der Waals surface area contributed by atoms with E-state index < -0.39 is 0 Å². The third kappa shape index (κ3) is 4.38. The predicted octanol–water partition coefficient (Wildman–Crippen LogP) is 4.53. The van der Waals surface area contributed by atoms with E-state index in [-0.39, 0.29) is 11.9 Å². The van der Waals surface area contributed by atoms with Crippen molar-refractivity contribution < 1.29 is 4.79 Å². The maximum Gasteiger partial charge on any atom is 0.221 e. The van der Waals surface area contributed by atoms with E-state index in [2.05, 4.69) is 42.6 Å². The fraction of sp³-hybridized carbons (Fsp3) is 0.350. The first-order chi connectivity index (χ1) is 11.2. The van der Waals surface area contributed by atoms with Crippen molar-refractivity contribution in [1.82, 2.24) is 5.32 Å². The summed E-state index contributed by atoms with van der Waals surface area (Å²) in [6.45, 7) is 2.07. The van der Waals surface area contributed by atoms with Gasteiger partial charge in [0, 0.05) is 17.1 Å². The summed E-state index contributed by atoms with van der Waals surface area (Å²) in [4.78, 5) is 13.3. The summed E-state index contributed by atoms with van der Waals surface area (Å²) in [5.41, 5.74) is 4.16. The topological polar surface area (TPSA) is 29.1 Å². The lowest BCUT2D eigenvalue weighted by Gasteiger charge is -2.15. The van der Waals surface area contributed by atoms with Crippen LogP contribution in [0.3, 0.4) is 0 Å². The molecule has 3 rings (SSSR count). The van der Waals surface area contributed by atoms with Gasteiger partial charge >= 0.3 is 0 Å². The van der Waals surface area contributed by atoms with Crippen LogP contribution in [0.5, 0.6) is 0 Å². The fourth-order valence-electron chi connectivity index (χ4n) is 3.04. The molecular formula is C20H23NOS. The highest BCUT2D eigenvalue weighted by Gasteiger charge is 2.14. The van der Waals surface area contributed by atoms with Gasteiger partial charge in [0.2, 0.25) is 5.91 Å². The molecule has 2 aromatic carbocycles. The van der Waals surface area contributed by atoms with Crippen molar-refractivity contribution in [3.63, 3.8) is 0 Å². The molecule has 0 saturated heterocycles. The summed E-state index contributed by atoms with van der Waals surface area (Å²) in [6, 6.07) is 17.0. The van der Waals surface area contributed by atoms with Gasteiger partial charge in [0.1, 0.15) is 0 Å². The van der Waals surface area contributed by atoms with Crippen LogP contribution in [-0.4, -0.2) is 11.7 Å². The number of hydrogen-bond donors (Lipinski definition) is 1. The normalized spacial score (nSPS) is 14.3. The molecular weight excluding hydrogens is 302 g/mol. The molecule has 1 amide bonds. The Morgan fingerprint density at radius 3 is 2.74 bits per heavy atom. The van der Waals surface area contributed by atoms with Gasteiger partial charge in [0.25, 0.3) is 0 Å². The first kappa shape index (κ1) is 16.1. The summed E-state index contributed by atoms with van der Waals surface area (Å²) < 4.78 is 0. The molecule has 1 aliphatic carbocycles. The number of nitrogens with one attached hydrogen (secondary N) is 1. The SMILES string of the molecule is C[C@@H](NC(=O)CCSc1ccccc1)c1ccc2c(c1)CCC2. The highest BCUT2D eigenvalue weighted by atomic mass is 32.2. The summed E-state index contributed by atoms with van der Waals surface area (Å²) in [7, 11) is 0. The summed E-state index contributed by atoms with van der Waals surface area (Å²) in [5.74, 6) is 0.939. The molecule has 120 valence electrons. The second-order valence-corrected chi connectivity index (χ2v) is 7.25. The third-order valence-electron chi connectivity index (χ3n) is 4.34. The highest BCUT2D eigenvalue weighted by molar-refractivity contribution is 7.99. The van der Waals surface area contributed by atoms with E-state index in [0.29, 0.717) is 6.42 Å². The Morgan fingerprint density at radius 2 is 1.91 bits per heavy atom. The van der Waals surface area contributed by atoms with Crippen LogP contribution in [-0.2, 0) is 17.6 Å². The standard InChI is InChI=1S/C20H23NOS/c1-15(17-11-10-16-6-5-7-18(16)14-17)21-20(22)12-13-23-19-8-3-2-4-9-19/h2-4,8-11,14-15H,5-7,12-13H2,1H3,(H,21,22)/t15-/m1/s1. The Hall–Kier alpha value is -1.74. The van der Waals surface area contributed by atoms with E-state index in [1.807, 2.05) is 18.2 Å². The number of fused-ring (bicyclic) bond motifs is 1. The second-order valence-electron chi connectivity index (χ2n) is 6.08. The molecule has 0 radical (unpaired) electrons. The number of carbonyl (C=O) groups excluding carboxylic acids is 1. The van der Waals surface area contributed by atoms with Gasteiger partial charge < -0.3 is 5.32 Å². The van der Waals surface area contributed by atoms with Gasteiger partial charge in [-0.05, 0) is 55.0 Å². The van der Waals surface area contributed by atoms with Crippen LogP contribution in [0.1, 0.15) is 42.5 Å². The maximum atomic E-state index is 12.1. The molecule has 0 fully saturated rings. The zero-order chi connectivity index (χ0) is 16.1. The van der Waals surface area contributed by atoms with E-state index in [0.717, 1.165) is 5.75 Å². The van der Waals surface area contributed by atoms with Crippen LogP contribution in [0.4, 0.5) is 0 Å².